The summed E-state index contributed by atoms with van der Waals surface area (Å²) < 4.78 is 4.69. The van der Waals surface area contributed by atoms with Gasteiger partial charge in [0.05, 0.1) is 6.61 Å². The predicted molar refractivity (Wildman–Crippen MR) is 47.3 cm³/mol. The molecule has 0 bridgehead atoms. The van der Waals surface area contributed by atoms with E-state index in [9.17, 15) is 4.79 Å². The number of H-pyrrole nitrogens is 1. The third kappa shape index (κ3) is 3.59. The van der Waals surface area contributed by atoms with E-state index in [1.165, 1.54) is 0 Å². The van der Waals surface area contributed by atoms with Crippen LogP contribution < -0.4 is 5.32 Å². The zero-order valence-corrected chi connectivity index (χ0v) is 7.54. The molecule has 0 aromatic carbocycles. The Balaban J connectivity index is 2.11. The van der Waals surface area contributed by atoms with Crippen molar-refractivity contribution in [2.75, 3.05) is 13.2 Å². The second-order valence-corrected chi connectivity index (χ2v) is 2.48. The summed E-state index contributed by atoms with van der Waals surface area (Å²) in [4.78, 5) is 10.8. The van der Waals surface area contributed by atoms with Gasteiger partial charge in [-0.25, -0.2) is 4.79 Å². The SMILES string of the molecule is CCOC(=O)NCCc1ccn[nH]1. The van der Waals surface area contributed by atoms with Crippen molar-refractivity contribution < 1.29 is 9.53 Å². The zero-order chi connectivity index (χ0) is 9.52. The first-order valence-corrected chi connectivity index (χ1v) is 4.21. The number of rotatable bonds is 4. The van der Waals surface area contributed by atoms with Gasteiger partial charge in [-0.05, 0) is 13.0 Å². The quantitative estimate of drug-likeness (QED) is 0.722. The number of ether oxygens (including phenoxy) is 1. The van der Waals surface area contributed by atoms with Crippen LogP contribution in [0, 0.1) is 0 Å². The molecule has 1 aromatic rings. The maximum atomic E-state index is 10.8. The van der Waals surface area contributed by atoms with E-state index in [-0.39, 0.29) is 6.09 Å². The van der Waals surface area contributed by atoms with E-state index in [1.807, 2.05) is 6.07 Å². The van der Waals surface area contributed by atoms with E-state index >= 15 is 0 Å². The first-order chi connectivity index (χ1) is 6.33. The summed E-state index contributed by atoms with van der Waals surface area (Å²) in [5.41, 5.74) is 0.997. The smallest absolute Gasteiger partial charge is 0.407 e. The monoisotopic (exact) mass is 183 g/mol. The summed E-state index contributed by atoms with van der Waals surface area (Å²) in [6.45, 7) is 2.73. The molecule has 0 aliphatic rings. The van der Waals surface area contributed by atoms with Gasteiger partial charge in [-0.1, -0.05) is 0 Å². The molecule has 5 nitrogen and oxygen atoms in total. The van der Waals surface area contributed by atoms with Gasteiger partial charge < -0.3 is 10.1 Å². The van der Waals surface area contributed by atoms with E-state index in [4.69, 9.17) is 0 Å². The molecule has 0 spiro atoms. The molecule has 0 aliphatic heterocycles. The molecule has 1 rings (SSSR count). The number of amides is 1. The lowest BCUT2D eigenvalue weighted by Crippen LogP contribution is -2.26. The highest BCUT2D eigenvalue weighted by Crippen LogP contribution is 1.91. The molecule has 2 N–H and O–H groups in total. The summed E-state index contributed by atoms with van der Waals surface area (Å²) in [6, 6.07) is 1.87. The number of carbonyl (C=O) groups excluding carboxylic acids is 1. The van der Waals surface area contributed by atoms with Crippen molar-refractivity contribution in [2.45, 2.75) is 13.3 Å². The molecule has 0 unspecified atom stereocenters. The van der Waals surface area contributed by atoms with Gasteiger partial charge in [-0.15, -0.1) is 0 Å². The Hall–Kier alpha value is -1.52. The molecule has 72 valence electrons. The van der Waals surface area contributed by atoms with Crippen molar-refractivity contribution in [2.24, 2.45) is 0 Å². The van der Waals surface area contributed by atoms with Crippen molar-refractivity contribution in [1.29, 1.82) is 0 Å². The number of carbonyl (C=O) groups is 1. The summed E-state index contributed by atoms with van der Waals surface area (Å²) in [5, 5.41) is 9.20. The molecule has 0 fully saturated rings. The van der Waals surface area contributed by atoms with Crippen LogP contribution in [0.5, 0.6) is 0 Å². The fourth-order valence-electron chi connectivity index (χ4n) is 0.905. The molecule has 0 atom stereocenters. The fraction of sp³-hybridized carbons (Fsp3) is 0.500. The van der Waals surface area contributed by atoms with Crippen LogP contribution in [0.1, 0.15) is 12.6 Å². The zero-order valence-electron chi connectivity index (χ0n) is 7.54. The number of hydrogen-bond acceptors (Lipinski definition) is 3. The molecular formula is C8H13N3O2. The first kappa shape index (κ1) is 9.57. The van der Waals surface area contributed by atoms with Crippen LogP contribution in [0.3, 0.4) is 0 Å². The highest BCUT2D eigenvalue weighted by Gasteiger charge is 1.99. The van der Waals surface area contributed by atoms with Crippen LogP contribution in [0.25, 0.3) is 0 Å². The van der Waals surface area contributed by atoms with Gasteiger partial charge in [-0.3, -0.25) is 5.10 Å². The lowest BCUT2D eigenvalue weighted by molar-refractivity contribution is 0.152. The van der Waals surface area contributed by atoms with Gasteiger partial charge in [0.2, 0.25) is 0 Å². The van der Waals surface area contributed by atoms with E-state index in [1.54, 1.807) is 13.1 Å². The third-order valence-electron chi connectivity index (χ3n) is 1.50. The topological polar surface area (TPSA) is 67.0 Å². The standard InChI is InChI=1S/C8H13N3O2/c1-2-13-8(12)9-5-3-7-4-6-10-11-7/h4,6H,2-3,5H2,1H3,(H,9,12)(H,10,11). The molecule has 1 heterocycles. The number of aromatic nitrogens is 2. The summed E-state index contributed by atoms with van der Waals surface area (Å²) >= 11 is 0. The van der Waals surface area contributed by atoms with E-state index in [0.29, 0.717) is 13.2 Å². The van der Waals surface area contributed by atoms with Crippen molar-refractivity contribution in [3.8, 4) is 0 Å². The number of nitrogens with zero attached hydrogens (tertiary/aromatic N) is 1. The highest BCUT2D eigenvalue weighted by molar-refractivity contribution is 5.66. The predicted octanol–water partition coefficient (Wildman–Crippen LogP) is 0.698. The average Bonchev–Trinajstić information content (AvgIpc) is 2.57. The molecule has 5 heteroatoms. The van der Waals surface area contributed by atoms with Gasteiger partial charge in [-0.2, -0.15) is 5.10 Å². The fourth-order valence-corrected chi connectivity index (χ4v) is 0.905. The average molecular weight is 183 g/mol. The molecule has 1 amide bonds. The summed E-state index contributed by atoms with van der Waals surface area (Å²) in [5.74, 6) is 0. The second-order valence-electron chi connectivity index (χ2n) is 2.48. The maximum absolute atomic E-state index is 10.8. The molecular weight excluding hydrogens is 170 g/mol. The van der Waals surface area contributed by atoms with Crippen LogP contribution in [0.2, 0.25) is 0 Å². The van der Waals surface area contributed by atoms with E-state index in [0.717, 1.165) is 12.1 Å². The van der Waals surface area contributed by atoms with Crippen LogP contribution >= 0.6 is 0 Å². The first-order valence-electron chi connectivity index (χ1n) is 4.21. The molecule has 0 saturated heterocycles. The normalized spacial score (nSPS) is 9.62. The van der Waals surface area contributed by atoms with Gasteiger partial charge in [0.1, 0.15) is 0 Å². The number of hydrogen-bond donors (Lipinski definition) is 2. The number of alkyl carbamates (subject to hydrolysis) is 1. The van der Waals surface area contributed by atoms with Crippen molar-refractivity contribution in [1.82, 2.24) is 15.5 Å². The minimum Gasteiger partial charge on any atom is -0.450 e. The highest BCUT2D eigenvalue weighted by atomic mass is 16.5. The maximum Gasteiger partial charge on any atom is 0.407 e. The minimum atomic E-state index is -0.373. The molecule has 1 aromatic heterocycles. The van der Waals surface area contributed by atoms with Crippen LogP contribution in [0.15, 0.2) is 12.3 Å². The Morgan fingerprint density at radius 1 is 1.77 bits per heavy atom. The second kappa shape index (κ2) is 5.18. The summed E-state index contributed by atoms with van der Waals surface area (Å²) in [7, 11) is 0. The third-order valence-corrected chi connectivity index (χ3v) is 1.50. The van der Waals surface area contributed by atoms with Gasteiger partial charge >= 0.3 is 6.09 Å². The Bertz CT molecular complexity index is 246. The number of nitrogens with one attached hydrogen (secondary N) is 2. The van der Waals surface area contributed by atoms with Crippen LogP contribution in [-0.2, 0) is 11.2 Å². The van der Waals surface area contributed by atoms with Crippen LogP contribution in [0.4, 0.5) is 4.79 Å². The summed E-state index contributed by atoms with van der Waals surface area (Å²) in [6.07, 6.45) is 2.04. The Kier molecular flexibility index (Phi) is 3.81. The van der Waals surface area contributed by atoms with E-state index < -0.39 is 0 Å². The Morgan fingerprint density at radius 2 is 2.62 bits per heavy atom. The largest absolute Gasteiger partial charge is 0.450 e. The molecule has 0 aliphatic carbocycles. The van der Waals surface area contributed by atoms with Crippen molar-refractivity contribution in [3.63, 3.8) is 0 Å². The van der Waals surface area contributed by atoms with Gasteiger partial charge in [0.15, 0.2) is 0 Å². The van der Waals surface area contributed by atoms with Crippen molar-refractivity contribution >= 4 is 6.09 Å². The molecule has 0 radical (unpaired) electrons. The van der Waals surface area contributed by atoms with E-state index in [2.05, 4.69) is 20.3 Å². The number of aromatic amines is 1. The Morgan fingerprint density at radius 3 is 3.23 bits per heavy atom. The molecule has 0 saturated carbocycles. The lowest BCUT2D eigenvalue weighted by Gasteiger charge is -2.03. The molecule has 13 heavy (non-hydrogen) atoms. The van der Waals surface area contributed by atoms with Gasteiger partial charge in [0.25, 0.3) is 0 Å². The van der Waals surface area contributed by atoms with Gasteiger partial charge in [0, 0.05) is 24.9 Å². The lowest BCUT2D eigenvalue weighted by atomic mass is 10.3. The van der Waals surface area contributed by atoms with Crippen LogP contribution in [-0.4, -0.2) is 29.4 Å². The Labute approximate surface area is 76.5 Å². The van der Waals surface area contributed by atoms with Crippen molar-refractivity contribution in [3.05, 3.63) is 18.0 Å². The minimum absolute atomic E-state index is 0.373.